The van der Waals surface area contributed by atoms with Crippen molar-refractivity contribution in [3.8, 4) is 0 Å². The van der Waals surface area contributed by atoms with Crippen molar-refractivity contribution in [2.24, 2.45) is 0 Å². The molecule has 0 N–H and O–H groups in total. The molecule has 0 spiro atoms. The second-order valence-electron chi connectivity index (χ2n) is 2.79. The first-order valence-electron chi connectivity index (χ1n) is 3.95. The van der Waals surface area contributed by atoms with Crippen molar-refractivity contribution in [3.05, 3.63) is 38.0 Å². The van der Waals surface area contributed by atoms with E-state index in [1.54, 1.807) is 0 Å². The fraction of sp³-hybridized carbons (Fsp3) is 0.333. The molecular formula is C9H16BNa. The van der Waals surface area contributed by atoms with E-state index in [1.165, 1.54) is 0 Å². The van der Waals surface area contributed by atoms with Gasteiger partial charge in [-0.05, 0) is 6.71 Å². The van der Waals surface area contributed by atoms with Crippen molar-refractivity contribution >= 4 is 6.71 Å². The normalized spacial score (nSPS) is 8.45. The van der Waals surface area contributed by atoms with E-state index in [2.05, 4.69) is 19.7 Å². The summed E-state index contributed by atoms with van der Waals surface area (Å²) in [6.07, 6.45) is 9.43. The van der Waals surface area contributed by atoms with Crippen LogP contribution in [0.4, 0.5) is 0 Å². The second-order valence-corrected chi connectivity index (χ2v) is 2.79. The molecule has 0 unspecified atom stereocenters. The van der Waals surface area contributed by atoms with Crippen molar-refractivity contribution < 1.29 is 29.6 Å². The third-order valence-corrected chi connectivity index (χ3v) is 1.84. The molecule has 0 aromatic carbocycles. The van der Waals surface area contributed by atoms with Crippen LogP contribution < -0.4 is 29.6 Å². The maximum atomic E-state index is 3.72. The third-order valence-electron chi connectivity index (χ3n) is 1.84. The summed E-state index contributed by atoms with van der Waals surface area (Å²) >= 11 is 0. The van der Waals surface area contributed by atoms with Gasteiger partial charge in [0.2, 0.25) is 0 Å². The minimum absolute atomic E-state index is 0. The Morgan fingerprint density at radius 2 is 1.09 bits per heavy atom. The minimum atomic E-state index is -0.0833. The van der Waals surface area contributed by atoms with E-state index in [-0.39, 0.29) is 36.3 Å². The summed E-state index contributed by atoms with van der Waals surface area (Å²) < 4.78 is 0. The zero-order valence-corrected chi connectivity index (χ0v) is 9.68. The van der Waals surface area contributed by atoms with E-state index in [1.807, 2.05) is 18.2 Å². The molecule has 56 valence electrons. The van der Waals surface area contributed by atoms with Crippen molar-refractivity contribution in [1.82, 2.24) is 0 Å². The van der Waals surface area contributed by atoms with E-state index in [0.29, 0.717) is 0 Å². The third kappa shape index (κ3) is 8.19. The molecule has 0 rings (SSSR count). The van der Waals surface area contributed by atoms with Gasteiger partial charge in [-0.3, -0.25) is 0 Å². The molecule has 0 amide bonds. The summed E-state index contributed by atoms with van der Waals surface area (Å²) in [4.78, 5) is 0. The Morgan fingerprint density at radius 3 is 1.27 bits per heavy atom. The average Bonchev–Trinajstić information content (AvgIpc) is 1.90. The van der Waals surface area contributed by atoms with E-state index in [0.717, 1.165) is 19.0 Å². The summed E-state index contributed by atoms with van der Waals surface area (Å²) in [6, 6.07) is 0. The Labute approximate surface area is 92.8 Å². The molecule has 2 heteroatoms. The van der Waals surface area contributed by atoms with Crippen LogP contribution in [0.15, 0.2) is 38.0 Å². The average molecular weight is 158 g/mol. The molecule has 0 atom stereocenters. The molecule has 0 saturated carbocycles. The molecule has 0 bridgehead atoms. The molecule has 0 heterocycles. The number of hydrogen-bond acceptors (Lipinski definition) is 0. The maximum Gasteiger partial charge on any atom is 1.00 e. The quantitative estimate of drug-likeness (QED) is 0.370. The summed E-state index contributed by atoms with van der Waals surface area (Å²) in [5.74, 6) is 0. The number of hydrogen-bond donors (Lipinski definition) is 0. The molecule has 0 aromatic heterocycles. The van der Waals surface area contributed by atoms with E-state index in [4.69, 9.17) is 0 Å². The minimum Gasteiger partial charge on any atom is -0.163 e. The van der Waals surface area contributed by atoms with Gasteiger partial charge in [0.1, 0.15) is 0 Å². The molecule has 0 aliphatic rings. The van der Waals surface area contributed by atoms with Gasteiger partial charge in [-0.15, -0.1) is 38.0 Å². The van der Waals surface area contributed by atoms with Gasteiger partial charge in [-0.2, -0.15) is 19.0 Å². The van der Waals surface area contributed by atoms with Crippen LogP contribution in [0.3, 0.4) is 0 Å². The second kappa shape index (κ2) is 10.3. The smallest absolute Gasteiger partial charge is 0.163 e. The Kier molecular flexibility index (Phi) is 12.9. The molecular weight excluding hydrogens is 142 g/mol. The van der Waals surface area contributed by atoms with Gasteiger partial charge < -0.3 is 0 Å². The predicted molar refractivity (Wildman–Crippen MR) is 52.2 cm³/mol. The van der Waals surface area contributed by atoms with E-state index in [9.17, 15) is 0 Å². The summed E-state index contributed by atoms with van der Waals surface area (Å²) in [5.41, 5.74) is 0. The van der Waals surface area contributed by atoms with Crippen molar-refractivity contribution in [2.45, 2.75) is 19.0 Å². The molecule has 0 fully saturated rings. The largest absolute Gasteiger partial charge is 1.00 e. The van der Waals surface area contributed by atoms with Gasteiger partial charge in [0.25, 0.3) is 0 Å². The zero-order valence-electron chi connectivity index (χ0n) is 7.68. The Hall–Kier alpha value is 0.285. The number of rotatable bonds is 6. The topological polar surface area (TPSA) is 0 Å². The SMILES string of the molecule is C=CC[BH-](CC=C)CC=C.[Na+]. The fourth-order valence-corrected chi connectivity index (χ4v) is 1.22. The maximum absolute atomic E-state index is 3.72. The first-order valence-corrected chi connectivity index (χ1v) is 3.95. The Bertz CT molecular complexity index is 97.0. The standard InChI is InChI=1S/C9H16B.Na/c1-4-7-10(8-5-2)9-6-3;/h4-6,10H,1-3,7-9H2;/q-1;+1. The molecule has 11 heavy (non-hydrogen) atoms. The van der Waals surface area contributed by atoms with Crippen LogP contribution in [0.2, 0.25) is 19.0 Å². The van der Waals surface area contributed by atoms with Crippen molar-refractivity contribution in [1.29, 1.82) is 0 Å². The molecule has 0 radical (unpaired) electrons. The zero-order chi connectivity index (χ0) is 7.82. The van der Waals surface area contributed by atoms with Crippen LogP contribution >= 0.6 is 0 Å². The van der Waals surface area contributed by atoms with Crippen LogP contribution in [-0.4, -0.2) is 6.71 Å². The fourth-order valence-electron chi connectivity index (χ4n) is 1.22. The first kappa shape index (κ1) is 13.8. The molecule has 0 aromatic rings. The first-order chi connectivity index (χ1) is 4.85. The van der Waals surface area contributed by atoms with Crippen LogP contribution in [0.5, 0.6) is 0 Å². The molecule has 0 saturated heterocycles. The Balaban J connectivity index is 0. The van der Waals surface area contributed by atoms with Crippen LogP contribution in [-0.2, 0) is 0 Å². The van der Waals surface area contributed by atoms with Gasteiger partial charge in [0, 0.05) is 0 Å². The van der Waals surface area contributed by atoms with Crippen LogP contribution in [0, 0.1) is 0 Å². The van der Waals surface area contributed by atoms with Gasteiger partial charge in [-0.25, -0.2) is 0 Å². The van der Waals surface area contributed by atoms with E-state index >= 15 is 0 Å². The summed E-state index contributed by atoms with van der Waals surface area (Å²) in [6.45, 7) is 11.1. The number of allylic oxidation sites excluding steroid dienone is 3. The van der Waals surface area contributed by atoms with Gasteiger partial charge >= 0.3 is 29.6 Å². The van der Waals surface area contributed by atoms with Crippen LogP contribution in [0.1, 0.15) is 0 Å². The van der Waals surface area contributed by atoms with Crippen LogP contribution in [0.25, 0.3) is 0 Å². The predicted octanol–water partition coefficient (Wildman–Crippen LogP) is -0.225. The van der Waals surface area contributed by atoms with Gasteiger partial charge in [0.15, 0.2) is 0 Å². The molecule has 0 aliphatic carbocycles. The monoisotopic (exact) mass is 158 g/mol. The molecule has 0 aliphatic heterocycles. The van der Waals surface area contributed by atoms with Gasteiger partial charge in [0.05, 0.1) is 0 Å². The Morgan fingerprint density at radius 1 is 0.818 bits per heavy atom. The molecule has 0 nitrogen and oxygen atoms in total. The van der Waals surface area contributed by atoms with Crippen molar-refractivity contribution in [3.63, 3.8) is 0 Å². The summed E-state index contributed by atoms with van der Waals surface area (Å²) in [7, 11) is 0. The van der Waals surface area contributed by atoms with Crippen molar-refractivity contribution in [2.75, 3.05) is 0 Å². The van der Waals surface area contributed by atoms with Gasteiger partial charge in [-0.1, -0.05) is 0 Å². The summed E-state index contributed by atoms with van der Waals surface area (Å²) in [5, 5.41) is 0. The van der Waals surface area contributed by atoms with E-state index < -0.39 is 0 Å².